The van der Waals surface area contributed by atoms with E-state index in [1.165, 1.54) is 22.2 Å². The number of nitrogens with one attached hydrogen (secondary N) is 2. The smallest absolute Gasteiger partial charge is 0.307 e. The lowest BCUT2D eigenvalue weighted by atomic mass is 10.1. The molecule has 0 radical (unpaired) electrons. The van der Waals surface area contributed by atoms with E-state index >= 15 is 0 Å². The second kappa shape index (κ2) is 8.76. The maximum atomic E-state index is 13.1. The molecule has 0 saturated carbocycles. The summed E-state index contributed by atoms with van der Waals surface area (Å²) < 4.78 is 1.21. The highest BCUT2D eigenvalue weighted by molar-refractivity contribution is 7.17. The van der Waals surface area contributed by atoms with E-state index < -0.39 is 11.9 Å². The van der Waals surface area contributed by atoms with Gasteiger partial charge < -0.3 is 5.32 Å². The summed E-state index contributed by atoms with van der Waals surface area (Å²) in [6.07, 6.45) is 1.34. The largest absolute Gasteiger partial charge is 0.325 e. The highest BCUT2D eigenvalue weighted by Gasteiger charge is 2.16. The van der Waals surface area contributed by atoms with Gasteiger partial charge in [-0.25, -0.2) is 9.78 Å². The van der Waals surface area contributed by atoms with Gasteiger partial charge in [-0.1, -0.05) is 47.5 Å². The summed E-state index contributed by atoms with van der Waals surface area (Å²) in [4.78, 5) is 42.7. The lowest BCUT2D eigenvalue weighted by molar-refractivity contribution is -0.120. The van der Waals surface area contributed by atoms with Crippen molar-refractivity contribution in [2.24, 2.45) is 0 Å². The lowest BCUT2D eigenvalue weighted by Crippen LogP contribution is -2.38. The Morgan fingerprint density at radius 3 is 2.47 bits per heavy atom. The first-order chi connectivity index (χ1) is 15.3. The molecule has 32 heavy (non-hydrogen) atoms. The molecule has 7 nitrogen and oxygen atoms in total. The second-order valence-corrected chi connectivity index (χ2v) is 8.55. The number of fused-ring (bicyclic) bond motifs is 1. The van der Waals surface area contributed by atoms with Crippen molar-refractivity contribution in [1.29, 1.82) is 0 Å². The van der Waals surface area contributed by atoms with Crippen LogP contribution >= 0.6 is 11.3 Å². The molecule has 0 bridgehead atoms. The van der Waals surface area contributed by atoms with Gasteiger partial charge in [0, 0.05) is 16.6 Å². The molecule has 4 aromatic rings. The molecule has 2 aromatic heterocycles. The van der Waals surface area contributed by atoms with E-state index in [4.69, 9.17) is 0 Å². The zero-order chi connectivity index (χ0) is 22.8. The molecule has 0 aliphatic heterocycles. The number of anilines is 1. The van der Waals surface area contributed by atoms with Crippen LogP contribution in [0.4, 0.5) is 10.5 Å². The molecule has 2 aromatic carbocycles. The number of rotatable bonds is 4. The highest BCUT2D eigenvalue weighted by Crippen LogP contribution is 2.30. The highest BCUT2D eigenvalue weighted by atomic mass is 32.1. The number of amides is 3. The van der Waals surface area contributed by atoms with Gasteiger partial charge in [0.05, 0.1) is 11.7 Å². The number of hydrogen-bond acceptors (Lipinski definition) is 5. The Labute approximate surface area is 188 Å². The second-order valence-electron chi connectivity index (χ2n) is 7.69. The molecule has 3 amide bonds. The Bertz CT molecular complexity index is 1390. The van der Waals surface area contributed by atoms with Crippen LogP contribution in [0.25, 0.3) is 21.3 Å². The van der Waals surface area contributed by atoms with E-state index in [-0.39, 0.29) is 12.1 Å². The fraction of sp³-hybridized carbons (Fsp3) is 0.167. The van der Waals surface area contributed by atoms with Crippen LogP contribution < -0.4 is 16.2 Å². The van der Waals surface area contributed by atoms with Crippen LogP contribution in [0.1, 0.15) is 16.7 Å². The first-order valence-corrected chi connectivity index (χ1v) is 10.9. The average Bonchev–Trinajstić information content (AvgIpc) is 3.17. The number of hydrogen-bond donors (Lipinski definition) is 2. The van der Waals surface area contributed by atoms with Gasteiger partial charge in [-0.3, -0.25) is 19.5 Å². The zero-order valence-electron chi connectivity index (χ0n) is 17.9. The summed E-state index contributed by atoms with van der Waals surface area (Å²) in [5.41, 5.74) is 5.07. The molecule has 0 saturated heterocycles. The summed E-state index contributed by atoms with van der Waals surface area (Å²) in [5, 5.41) is 7.28. The van der Waals surface area contributed by atoms with Crippen LogP contribution in [0, 0.1) is 20.8 Å². The normalized spacial score (nSPS) is 10.8. The molecule has 8 heteroatoms. The lowest BCUT2D eigenvalue weighted by Gasteiger charge is -2.10. The van der Waals surface area contributed by atoms with Gasteiger partial charge in [0.25, 0.3) is 5.56 Å². The zero-order valence-corrected chi connectivity index (χ0v) is 18.7. The van der Waals surface area contributed by atoms with Crippen molar-refractivity contribution >= 4 is 39.2 Å². The molecule has 0 spiro atoms. The van der Waals surface area contributed by atoms with E-state index in [2.05, 4.69) is 15.6 Å². The van der Waals surface area contributed by atoms with E-state index in [1.54, 1.807) is 6.07 Å². The van der Waals surface area contributed by atoms with Crippen molar-refractivity contribution in [2.75, 3.05) is 5.32 Å². The predicted octanol–water partition coefficient (Wildman–Crippen LogP) is 4.40. The van der Waals surface area contributed by atoms with Crippen molar-refractivity contribution in [2.45, 2.75) is 27.3 Å². The molecule has 4 rings (SSSR count). The van der Waals surface area contributed by atoms with E-state index in [0.29, 0.717) is 15.9 Å². The van der Waals surface area contributed by atoms with Crippen molar-refractivity contribution in [3.8, 4) is 11.1 Å². The third kappa shape index (κ3) is 4.45. The third-order valence-electron chi connectivity index (χ3n) is 5.12. The number of carbonyl (C=O) groups excluding carboxylic acids is 2. The van der Waals surface area contributed by atoms with E-state index in [1.807, 2.05) is 62.5 Å². The quantitative estimate of drug-likeness (QED) is 0.486. The third-order valence-corrected chi connectivity index (χ3v) is 6.01. The minimum atomic E-state index is -0.653. The molecular formula is C24H22N4O3S. The number of carbonyl (C=O) groups is 2. The van der Waals surface area contributed by atoms with Crippen LogP contribution in [0.5, 0.6) is 0 Å². The number of nitrogens with zero attached hydrogens (tertiary/aromatic N) is 2. The summed E-state index contributed by atoms with van der Waals surface area (Å²) in [7, 11) is 0. The maximum Gasteiger partial charge on any atom is 0.325 e. The van der Waals surface area contributed by atoms with Gasteiger partial charge >= 0.3 is 6.03 Å². The van der Waals surface area contributed by atoms with E-state index in [0.717, 1.165) is 27.8 Å². The van der Waals surface area contributed by atoms with Crippen LogP contribution in [-0.2, 0) is 11.3 Å². The van der Waals surface area contributed by atoms with Crippen molar-refractivity contribution in [1.82, 2.24) is 14.9 Å². The standard InChI is InChI=1S/C24H22N4O3S/c1-14-4-7-17(8-5-14)18-12-32-22-21(18)23(30)28(13-25-22)11-20(29)27-24(31)26-19-9-6-15(2)10-16(19)3/h4-10,12-13H,11H2,1-3H3,(H2,26,27,29,31). The fourth-order valence-corrected chi connectivity index (χ4v) is 4.36. The van der Waals surface area contributed by atoms with E-state index in [9.17, 15) is 14.4 Å². The molecular weight excluding hydrogens is 424 g/mol. The van der Waals surface area contributed by atoms with Crippen LogP contribution in [-0.4, -0.2) is 21.5 Å². The fourth-order valence-electron chi connectivity index (χ4n) is 3.45. The van der Waals surface area contributed by atoms with Crippen LogP contribution in [0.3, 0.4) is 0 Å². The predicted molar refractivity (Wildman–Crippen MR) is 127 cm³/mol. The monoisotopic (exact) mass is 446 g/mol. The minimum absolute atomic E-state index is 0.314. The molecule has 2 heterocycles. The molecule has 0 unspecified atom stereocenters. The summed E-state index contributed by atoms with van der Waals surface area (Å²) in [6, 6.07) is 12.8. The van der Waals surface area contributed by atoms with Gasteiger partial charge in [0.2, 0.25) is 5.91 Å². The van der Waals surface area contributed by atoms with Crippen LogP contribution in [0.2, 0.25) is 0 Å². The summed E-state index contributed by atoms with van der Waals surface area (Å²) in [6.45, 7) is 5.52. The van der Waals surface area contributed by atoms with Crippen molar-refractivity contribution in [3.63, 3.8) is 0 Å². The maximum absolute atomic E-state index is 13.1. The average molecular weight is 447 g/mol. The first kappa shape index (κ1) is 21.5. The summed E-state index contributed by atoms with van der Waals surface area (Å²) in [5.74, 6) is -0.609. The Balaban J connectivity index is 1.52. The molecule has 0 aliphatic rings. The Kier molecular flexibility index (Phi) is 5.87. The molecule has 0 fully saturated rings. The number of thiophene rings is 1. The van der Waals surface area contributed by atoms with Crippen molar-refractivity contribution in [3.05, 3.63) is 81.2 Å². The van der Waals surface area contributed by atoms with Crippen LogP contribution in [0.15, 0.2) is 59.0 Å². The molecule has 2 N–H and O–H groups in total. The van der Waals surface area contributed by atoms with Gasteiger partial charge in [-0.15, -0.1) is 11.3 Å². The molecule has 0 atom stereocenters. The minimum Gasteiger partial charge on any atom is -0.307 e. The molecule has 0 aliphatic carbocycles. The SMILES string of the molecule is Cc1ccc(-c2csc3ncn(CC(=O)NC(=O)Nc4ccc(C)cc4C)c(=O)c23)cc1. The first-order valence-electron chi connectivity index (χ1n) is 10.0. The number of imide groups is 1. The molecule has 162 valence electrons. The van der Waals surface area contributed by atoms with Gasteiger partial charge in [-0.05, 0) is 38.0 Å². The topological polar surface area (TPSA) is 93.1 Å². The Morgan fingerprint density at radius 1 is 1.03 bits per heavy atom. The van der Waals surface area contributed by atoms with Gasteiger partial charge in [0.1, 0.15) is 11.4 Å². The number of urea groups is 1. The number of aryl methyl sites for hydroxylation is 3. The number of benzene rings is 2. The van der Waals surface area contributed by atoms with Gasteiger partial charge in [-0.2, -0.15) is 0 Å². The van der Waals surface area contributed by atoms with Gasteiger partial charge in [0.15, 0.2) is 0 Å². The summed E-state index contributed by atoms with van der Waals surface area (Å²) >= 11 is 1.38. The van der Waals surface area contributed by atoms with Crippen molar-refractivity contribution < 1.29 is 9.59 Å². The Hall–Kier alpha value is -3.78. The Morgan fingerprint density at radius 2 is 1.75 bits per heavy atom. The number of aromatic nitrogens is 2.